The Hall–Kier alpha value is -3.29. The van der Waals surface area contributed by atoms with Crippen molar-refractivity contribution in [2.45, 2.75) is 32.7 Å². The van der Waals surface area contributed by atoms with Gasteiger partial charge in [0.15, 0.2) is 0 Å². The van der Waals surface area contributed by atoms with E-state index in [0.29, 0.717) is 12.8 Å². The van der Waals surface area contributed by atoms with E-state index in [0.717, 1.165) is 5.56 Å². The third kappa shape index (κ3) is 6.15. The number of ether oxygens (including phenoxy) is 1. The van der Waals surface area contributed by atoms with Crippen molar-refractivity contribution >= 4 is 17.6 Å². The number of aromatic nitrogens is 1. The summed E-state index contributed by atoms with van der Waals surface area (Å²) in [6.07, 6.45) is 2.48. The molecule has 1 amide bonds. The molecular weight excluding hydrogens is 362 g/mol. The van der Waals surface area contributed by atoms with Crippen molar-refractivity contribution in [1.82, 2.24) is 10.3 Å². The van der Waals surface area contributed by atoms with Gasteiger partial charge < -0.3 is 10.1 Å². The maximum absolute atomic E-state index is 12.4. The standard InChI is InChI=1S/C20H23N3O5/c1-3-28-20(25)18(22-19(24)17-6-4-5-11-21-17)13-14(2)12-15-7-9-16(10-8-15)23(26)27/h4-11,14,18H,3,12-13H2,1-2H3,(H,22,24). The molecule has 0 spiro atoms. The fourth-order valence-corrected chi connectivity index (χ4v) is 2.83. The van der Waals surface area contributed by atoms with Gasteiger partial charge in [-0.2, -0.15) is 0 Å². The minimum Gasteiger partial charge on any atom is -0.464 e. The lowest BCUT2D eigenvalue weighted by Gasteiger charge is -2.21. The van der Waals surface area contributed by atoms with Gasteiger partial charge in [0.25, 0.3) is 11.6 Å². The summed E-state index contributed by atoms with van der Waals surface area (Å²) in [5.74, 6) is -0.914. The zero-order valence-electron chi connectivity index (χ0n) is 15.8. The molecule has 0 aliphatic rings. The summed E-state index contributed by atoms with van der Waals surface area (Å²) < 4.78 is 5.08. The molecule has 2 atom stereocenters. The number of carbonyl (C=O) groups excluding carboxylic acids is 2. The molecule has 0 saturated heterocycles. The van der Waals surface area contributed by atoms with Crippen LogP contribution in [0.1, 0.15) is 36.3 Å². The topological polar surface area (TPSA) is 111 Å². The molecule has 148 valence electrons. The second kappa shape index (κ2) is 10.1. The summed E-state index contributed by atoms with van der Waals surface area (Å²) in [4.78, 5) is 38.9. The summed E-state index contributed by atoms with van der Waals surface area (Å²) in [5.41, 5.74) is 1.17. The van der Waals surface area contributed by atoms with E-state index in [4.69, 9.17) is 4.74 Å². The molecule has 8 nitrogen and oxygen atoms in total. The molecule has 1 aromatic carbocycles. The molecule has 0 saturated carbocycles. The second-order valence-corrected chi connectivity index (χ2v) is 6.46. The van der Waals surface area contributed by atoms with Gasteiger partial charge in [-0.25, -0.2) is 4.79 Å². The number of nitro benzene ring substituents is 1. The maximum atomic E-state index is 12.4. The molecule has 1 aromatic heterocycles. The van der Waals surface area contributed by atoms with E-state index in [1.54, 1.807) is 37.3 Å². The summed E-state index contributed by atoms with van der Waals surface area (Å²) in [7, 11) is 0. The van der Waals surface area contributed by atoms with E-state index in [1.165, 1.54) is 18.3 Å². The molecule has 8 heteroatoms. The quantitative estimate of drug-likeness (QED) is 0.404. The van der Waals surface area contributed by atoms with Gasteiger partial charge in [0.1, 0.15) is 11.7 Å². The predicted octanol–water partition coefficient (Wildman–Crippen LogP) is 2.92. The molecule has 0 fully saturated rings. The Bertz CT molecular complexity index is 808. The van der Waals surface area contributed by atoms with Crippen molar-refractivity contribution in [1.29, 1.82) is 0 Å². The Balaban J connectivity index is 2.03. The minimum atomic E-state index is -0.803. The van der Waals surface area contributed by atoms with Gasteiger partial charge in [-0.15, -0.1) is 0 Å². The fourth-order valence-electron chi connectivity index (χ4n) is 2.83. The van der Waals surface area contributed by atoms with Gasteiger partial charge in [-0.3, -0.25) is 19.9 Å². The third-order valence-electron chi connectivity index (χ3n) is 4.14. The van der Waals surface area contributed by atoms with Gasteiger partial charge in [0.2, 0.25) is 0 Å². The van der Waals surface area contributed by atoms with Crippen molar-refractivity contribution in [3.8, 4) is 0 Å². The number of hydrogen-bond donors (Lipinski definition) is 1. The van der Waals surface area contributed by atoms with Crippen LogP contribution in [0, 0.1) is 16.0 Å². The number of carbonyl (C=O) groups is 2. The number of nitro groups is 1. The summed E-state index contributed by atoms with van der Waals surface area (Å²) >= 11 is 0. The molecule has 1 heterocycles. The van der Waals surface area contributed by atoms with E-state index in [-0.39, 0.29) is 23.9 Å². The van der Waals surface area contributed by atoms with E-state index in [2.05, 4.69) is 10.3 Å². The SMILES string of the molecule is CCOC(=O)C(CC(C)Cc1ccc([N+](=O)[O-])cc1)NC(=O)c1ccccn1. The molecule has 0 aliphatic heterocycles. The van der Waals surface area contributed by atoms with Crippen LogP contribution in [0.3, 0.4) is 0 Å². The molecule has 28 heavy (non-hydrogen) atoms. The Morgan fingerprint density at radius 3 is 2.50 bits per heavy atom. The van der Waals surface area contributed by atoms with Crippen molar-refractivity contribution in [2.75, 3.05) is 6.61 Å². The average molecular weight is 385 g/mol. The molecule has 0 bridgehead atoms. The van der Waals surface area contributed by atoms with Gasteiger partial charge in [0, 0.05) is 18.3 Å². The molecule has 1 N–H and O–H groups in total. The number of amides is 1. The van der Waals surface area contributed by atoms with Gasteiger partial charge in [-0.1, -0.05) is 25.1 Å². The van der Waals surface area contributed by atoms with Crippen LogP contribution in [0.5, 0.6) is 0 Å². The lowest BCUT2D eigenvalue weighted by atomic mass is 9.94. The smallest absolute Gasteiger partial charge is 0.328 e. The lowest BCUT2D eigenvalue weighted by molar-refractivity contribution is -0.384. The largest absolute Gasteiger partial charge is 0.464 e. The van der Waals surface area contributed by atoms with Gasteiger partial charge in [-0.05, 0) is 43.4 Å². The normalized spacial score (nSPS) is 12.6. The van der Waals surface area contributed by atoms with Crippen molar-refractivity contribution in [3.05, 3.63) is 70.0 Å². The summed E-state index contributed by atoms with van der Waals surface area (Å²) in [5, 5.41) is 13.4. The predicted molar refractivity (Wildman–Crippen MR) is 103 cm³/mol. The van der Waals surface area contributed by atoms with Crippen LogP contribution in [-0.2, 0) is 16.0 Å². The first-order valence-corrected chi connectivity index (χ1v) is 9.02. The Morgan fingerprint density at radius 1 is 1.21 bits per heavy atom. The van der Waals surface area contributed by atoms with Crippen LogP contribution in [0.2, 0.25) is 0 Å². The van der Waals surface area contributed by atoms with Crippen LogP contribution in [0.15, 0.2) is 48.7 Å². The Morgan fingerprint density at radius 2 is 1.93 bits per heavy atom. The first kappa shape index (κ1) is 21.0. The summed E-state index contributed by atoms with van der Waals surface area (Å²) in [6, 6.07) is 10.5. The lowest BCUT2D eigenvalue weighted by Crippen LogP contribution is -2.43. The van der Waals surface area contributed by atoms with Crippen LogP contribution in [-0.4, -0.2) is 34.4 Å². The minimum absolute atomic E-state index is 0.0277. The monoisotopic (exact) mass is 385 g/mol. The van der Waals surface area contributed by atoms with E-state index in [1.807, 2.05) is 6.92 Å². The number of pyridine rings is 1. The number of benzene rings is 1. The van der Waals surface area contributed by atoms with E-state index in [9.17, 15) is 19.7 Å². The van der Waals surface area contributed by atoms with Crippen LogP contribution < -0.4 is 5.32 Å². The zero-order chi connectivity index (χ0) is 20.5. The highest BCUT2D eigenvalue weighted by molar-refractivity contribution is 5.95. The average Bonchev–Trinajstić information content (AvgIpc) is 2.68. The Labute approximate surface area is 163 Å². The number of rotatable bonds is 9. The molecule has 0 aliphatic carbocycles. The first-order chi connectivity index (χ1) is 13.4. The van der Waals surface area contributed by atoms with Crippen molar-refractivity contribution in [2.24, 2.45) is 5.92 Å². The van der Waals surface area contributed by atoms with Crippen LogP contribution in [0.4, 0.5) is 5.69 Å². The van der Waals surface area contributed by atoms with Gasteiger partial charge >= 0.3 is 5.97 Å². The Kier molecular flexibility index (Phi) is 7.62. The van der Waals surface area contributed by atoms with Crippen LogP contribution in [0.25, 0.3) is 0 Å². The number of esters is 1. The van der Waals surface area contributed by atoms with E-state index >= 15 is 0 Å². The highest BCUT2D eigenvalue weighted by atomic mass is 16.6. The summed E-state index contributed by atoms with van der Waals surface area (Å²) in [6.45, 7) is 3.86. The zero-order valence-corrected chi connectivity index (χ0v) is 15.8. The molecular formula is C20H23N3O5. The number of hydrogen-bond acceptors (Lipinski definition) is 6. The molecule has 2 rings (SSSR count). The van der Waals surface area contributed by atoms with Crippen LogP contribution >= 0.6 is 0 Å². The molecule has 0 radical (unpaired) electrons. The first-order valence-electron chi connectivity index (χ1n) is 9.02. The molecule has 2 aromatic rings. The number of nitrogens with one attached hydrogen (secondary N) is 1. The fraction of sp³-hybridized carbons (Fsp3) is 0.350. The molecule has 2 unspecified atom stereocenters. The highest BCUT2D eigenvalue weighted by Crippen LogP contribution is 2.18. The number of nitrogens with zero attached hydrogens (tertiary/aromatic N) is 2. The number of non-ortho nitro benzene ring substituents is 1. The second-order valence-electron chi connectivity index (χ2n) is 6.46. The highest BCUT2D eigenvalue weighted by Gasteiger charge is 2.25. The third-order valence-corrected chi connectivity index (χ3v) is 4.14. The maximum Gasteiger partial charge on any atom is 0.328 e. The van der Waals surface area contributed by atoms with Crippen molar-refractivity contribution in [3.63, 3.8) is 0 Å². The van der Waals surface area contributed by atoms with Gasteiger partial charge in [0.05, 0.1) is 11.5 Å². The van der Waals surface area contributed by atoms with E-state index < -0.39 is 22.8 Å². The van der Waals surface area contributed by atoms with Crippen molar-refractivity contribution < 1.29 is 19.2 Å².